The van der Waals surface area contributed by atoms with E-state index in [1.54, 1.807) is 11.1 Å². The zero-order chi connectivity index (χ0) is 13.0. The minimum absolute atomic E-state index is 0.589. The van der Waals surface area contributed by atoms with E-state index in [2.05, 4.69) is 50.1 Å². The Morgan fingerprint density at radius 2 is 2.11 bits per heavy atom. The van der Waals surface area contributed by atoms with Crippen LogP contribution in [0.1, 0.15) is 37.3 Å². The topological polar surface area (TPSA) is 12.0 Å². The van der Waals surface area contributed by atoms with Gasteiger partial charge in [-0.25, -0.2) is 0 Å². The lowest BCUT2D eigenvalue weighted by molar-refractivity contribution is 0.331. The Kier molecular flexibility index (Phi) is 4.60. The summed E-state index contributed by atoms with van der Waals surface area (Å²) >= 11 is 0. The van der Waals surface area contributed by atoms with Crippen LogP contribution in [0.3, 0.4) is 0 Å². The van der Waals surface area contributed by atoms with Gasteiger partial charge in [-0.15, -0.1) is 0 Å². The Balaban J connectivity index is 2.04. The molecule has 0 bridgehead atoms. The smallest absolute Gasteiger partial charge is 0.0133 e. The quantitative estimate of drug-likeness (QED) is 0.777. The Morgan fingerprint density at radius 1 is 1.39 bits per heavy atom. The molecular formula is C17H25N. The first-order valence-electron chi connectivity index (χ1n) is 7.15. The van der Waals surface area contributed by atoms with E-state index in [-0.39, 0.29) is 0 Å². The van der Waals surface area contributed by atoms with Crippen LogP contribution in [0.25, 0.3) is 0 Å². The molecule has 0 aromatic heterocycles. The van der Waals surface area contributed by atoms with Crippen LogP contribution in [0.2, 0.25) is 0 Å². The summed E-state index contributed by atoms with van der Waals surface area (Å²) in [6, 6.07) is 9.49. The lowest BCUT2D eigenvalue weighted by Crippen LogP contribution is -2.37. The molecule has 0 amide bonds. The van der Waals surface area contributed by atoms with Gasteiger partial charge in [0.05, 0.1) is 0 Å². The van der Waals surface area contributed by atoms with Gasteiger partial charge in [0, 0.05) is 6.04 Å². The molecule has 0 aliphatic heterocycles. The predicted molar refractivity (Wildman–Crippen MR) is 78.9 cm³/mol. The van der Waals surface area contributed by atoms with Gasteiger partial charge < -0.3 is 5.32 Å². The molecule has 0 saturated heterocycles. The van der Waals surface area contributed by atoms with E-state index in [0.29, 0.717) is 6.04 Å². The van der Waals surface area contributed by atoms with E-state index in [0.717, 1.165) is 18.8 Å². The van der Waals surface area contributed by atoms with E-state index >= 15 is 0 Å². The van der Waals surface area contributed by atoms with E-state index in [1.807, 2.05) is 0 Å². The Labute approximate surface area is 111 Å². The number of benzene rings is 1. The minimum Gasteiger partial charge on any atom is -0.316 e. The molecule has 1 aliphatic carbocycles. The second-order valence-corrected chi connectivity index (χ2v) is 5.47. The molecule has 0 radical (unpaired) electrons. The summed E-state index contributed by atoms with van der Waals surface area (Å²) in [4.78, 5) is 0. The van der Waals surface area contributed by atoms with Gasteiger partial charge in [-0.05, 0) is 56.2 Å². The SMILES string of the molecule is C=C(CC)CC(NC)C1CCc2ccccc2C1. The highest BCUT2D eigenvalue weighted by atomic mass is 14.9. The molecule has 0 spiro atoms. The van der Waals surface area contributed by atoms with Gasteiger partial charge in [-0.1, -0.05) is 43.3 Å². The molecule has 1 aliphatic rings. The van der Waals surface area contributed by atoms with Crippen LogP contribution in [-0.4, -0.2) is 13.1 Å². The second kappa shape index (κ2) is 6.19. The Hall–Kier alpha value is -1.08. The predicted octanol–water partition coefficient (Wildman–Crippen LogP) is 3.74. The van der Waals surface area contributed by atoms with Crippen LogP contribution in [0.15, 0.2) is 36.4 Å². The van der Waals surface area contributed by atoms with Gasteiger partial charge in [0.2, 0.25) is 0 Å². The summed E-state index contributed by atoms with van der Waals surface area (Å²) in [5.74, 6) is 0.758. The van der Waals surface area contributed by atoms with Gasteiger partial charge in [-0.2, -0.15) is 0 Å². The van der Waals surface area contributed by atoms with E-state index in [9.17, 15) is 0 Å². The summed E-state index contributed by atoms with van der Waals surface area (Å²) in [7, 11) is 2.09. The molecule has 0 heterocycles. The number of hydrogen-bond donors (Lipinski definition) is 1. The van der Waals surface area contributed by atoms with Crippen molar-refractivity contribution < 1.29 is 0 Å². The van der Waals surface area contributed by atoms with Crippen molar-refractivity contribution in [2.45, 2.75) is 45.1 Å². The largest absolute Gasteiger partial charge is 0.316 e. The first-order valence-corrected chi connectivity index (χ1v) is 7.15. The van der Waals surface area contributed by atoms with Crippen LogP contribution in [0, 0.1) is 5.92 Å². The number of aryl methyl sites for hydroxylation is 1. The van der Waals surface area contributed by atoms with Crippen LogP contribution in [0.4, 0.5) is 0 Å². The fourth-order valence-corrected chi connectivity index (χ4v) is 3.03. The first kappa shape index (κ1) is 13.4. The highest BCUT2D eigenvalue weighted by Gasteiger charge is 2.25. The maximum Gasteiger partial charge on any atom is 0.0133 e. The van der Waals surface area contributed by atoms with Crippen molar-refractivity contribution in [3.63, 3.8) is 0 Å². The summed E-state index contributed by atoms with van der Waals surface area (Å²) < 4.78 is 0. The molecule has 1 heteroatoms. The molecule has 1 nitrogen and oxygen atoms in total. The highest BCUT2D eigenvalue weighted by Crippen LogP contribution is 2.29. The fraction of sp³-hybridized carbons (Fsp3) is 0.529. The summed E-state index contributed by atoms with van der Waals surface area (Å²) in [6.45, 7) is 6.36. The standard InChI is InChI=1S/C17H25N/c1-4-13(2)11-17(18-3)16-10-9-14-7-5-6-8-15(14)12-16/h5-8,16-18H,2,4,9-12H2,1,3H3. The molecule has 0 saturated carbocycles. The van der Waals surface area contributed by atoms with E-state index in [4.69, 9.17) is 0 Å². The lowest BCUT2D eigenvalue weighted by atomic mass is 9.78. The van der Waals surface area contributed by atoms with Crippen LogP contribution in [0.5, 0.6) is 0 Å². The number of rotatable bonds is 5. The number of hydrogen-bond acceptors (Lipinski definition) is 1. The van der Waals surface area contributed by atoms with Crippen molar-refractivity contribution >= 4 is 0 Å². The van der Waals surface area contributed by atoms with Gasteiger partial charge >= 0.3 is 0 Å². The minimum atomic E-state index is 0.589. The van der Waals surface area contributed by atoms with Crippen molar-refractivity contribution in [2.24, 2.45) is 5.92 Å². The Morgan fingerprint density at radius 3 is 2.78 bits per heavy atom. The van der Waals surface area contributed by atoms with Crippen LogP contribution >= 0.6 is 0 Å². The van der Waals surface area contributed by atoms with Crippen LogP contribution in [-0.2, 0) is 12.8 Å². The highest BCUT2D eigenvalue weighted by molar-refractivity contribution is 5.30. The lowest BCUT2D eigenvalue weighted by Gasteiger charge is -2.32. The monoisotopic (exact) mass is 243 g/mol. The zero-order valence-corrected chi connectivity index (χ0v) is 11.7. The van der Waals surface area contributed by atoms with Gasteiger partial charge in [0.1, 0.15) is 0 Å². The molecule has 98 valence electrons. The molecule has 1 aromatic carbocycles. The van der Waals surface area contributed by atoms with Crippen molar-refractivity contribution in [1.82, 2.24) is 5.32 Å². The average molecular weight is 243 g/mol. The third-order valence-corrected chi connectivity index (χ3v) is 4.33. The summed E-state index contributed by atoms with van der Waals surface area (Å²) in [5.41, 5.74) is 4.47. The average Bonchev–Trinajstić information content (AvgIpc) is 2.44. The maximum atomic E-state index is 4.16. The molecule has 0 fully saturated rings. The molecular weight excluding hydrogens is 218 g/mol. The van der Waals surface area contributed by atoms with Crippen LogP contribution < -0.4 is 5.32 Å². The second-order valence-electron chi connectivity index (χ2n) is 5.47. The molecule has 2 atom stereocenters. The van der Waals surface area contributed by atoms with Gasteiger partial charge in [0.25, 0.3) is 0 Å². The van der Waals surface area contributed by atoms with E-state index in [1.165, 1.54) is 24.8 Å². The van der Waals surface area contributed by atoms with Crippen molar-refractivity contribution in [1.29, 1.82) is 0 Å². The molecule has 1 N–H and O–H groups in total. The molecule has 18 heavy (non-hydrogen) atoms. The normalized spacial score (nSPS) is 20.2. The van der Waals surface area contributed by atoms with Crippen molar-refractivity contribution in [2.75, 3.05) is 7.05 Å². The third kappa shape index (κ3) is 3.02. The summed E-state index contributed by atoms with van der Waals surface area (Å²) in [6.07, 6.45) is 5.98. The third-order valence-electron chi connectivity index (χ3n) is 4.33. The molecule has 1 aromatic rings. The zero-order valence-electron chi connectivity index (χ0n) is 11.7. The van der Waals surface area contributed by atoms with Crippen molar-refractivity contribution in [3.05, 3.63) is 47.5 Å². The fourth-order valence-electron chi connectivity index (χ4n) is 3.03. The first-order chi connectivity index (χ1) is 8.74. The number of fused-ring (bicyclic) bond motifs is 1. The van der Waals surface area contributed by atoms with E-state index < -0.39 is 0 Å². The van der Waals surface area contributed by atoms with Crippen molar-refractivity contribution in [3.8, 4) is 0 Å². The molecule has 2 rings (SSSR count). The van der Waals surface area contributed by atoms with Gasteiger partial charge in [0.15, 0.2) is 0 Å². The number of nitrogens with one attached hydrogen (secondary N) is 1. The van der Waals surface area contributed by atoms with Gasteiger partial charge in [-0.3, -0.25) is 0 Å². The Bertz CT molecular complexity index is 408. The summed E-state index contributed by atoms with van der Waals surface area (Å²) in [5, 5.41) is 3.51. The molecule has 2 unspecified atom stereocenters. The maximum absolute atomic E-state index is 4.16.